The van der Waals surface area contributed by atoms with Gasteiger partial charge in [0.05, 0.1) is 34.5 Å². The van der Waals surface area contributed by atoms with Crippen LogP contribution in [0.4, 0.5) is 10.1 Å². The Bertz CT molecular complexity index is 1810. The van der Waals surface area contributed by atoms with Crippen LogP contribution in [0.1, 0.15) is 32.8 Å². The van der Waals surface area contributed by atoms with E-state index in [2.05, 4.69) is 57.5 Å². The molecule has 196 valence electrons. The summed E-state index contributed by atoms with van der Waals surface area (Å²) >= 11 is 0. The van der Waals surface area contributed by atoms with Crippen LogP contribution in [0.15, 0.2) is 74.0 Å². The van der Waals surface area contributed by atoms with Crippen molar-refractivity contribution < 1.29 is 4.39 Å². The summed E-state index contributed by atoms with van der Waals surface area (Å²) in [5.41, 5.74) is 6.92. The van der Waals surface area contributed by atoms with Crippen LogP contribution >= 0.6 is 0 Å². The fourth-order valence-electron chi connectivity index (χ4n) is 4.51. The van der Waals surface area contributed by atoms with E-state index in [-0.39, 0.29) is 5.82 Å². The normalized spacial score (nSPS) is 12.4. The lowest BCUT2D eigenvalue weighted by Gasteiger charge is -2.12. The van der Waals surface area contributed by atoms with Crippen LogP contribution in [-0.4, -0.2) is 30.1 Å². The predicted molar refractivity (Wildman–Crippen MR) is 156 cm³/mol. The zero-order chi connectivity index (χ0) is 27.5. The molecule has 39 heavy (non-hydrogen) atoms. The molecule has 0 bridgehead atoms. The highest BCUT2D eigenvalue weighted by Gasteiger charge is 2.15. The highest BCUT2D eigenvalue weighted by Crippen LogP contribution is 2.28. The number of hydrogen-bond acceptors (Lipinski definition) is 5. The van der Waals surface area contributed by atoms with E-state index in [1.165, 1.54) is 12.1 Å². The molecule has 5 rings (SSSR count). The lowest BCUT2D eigenvalue weighted by Crippen LogP contribution is -2.23. The Morgan fingerprint density at radius 1 is 1.10 bits per heavy atom. The summed E-state index contributed by atoms with van der Waals surface area (Å²) in [6.45, 7) is 14.7. The zero-order valence-corrected chi connectivity index (χ0v) is 22.2. The molecule has 4 heterocycles. The summed E-state index contributed by atoms with van der Waals surface area (Å²) in [5, 5.41) is 12.7. The second kappa shape index (κ2) is 10.9. The number of hydrogen-bond donors (Lipinski definition) is 3. The standard InChI is InChI=1S/C31H30FN7/c1-6-27-25(11-19(4)22-13-24(15-33-14-22)35-20(5)10-18(2)3)30(39-38-27)31-36-28-17-34-16-26(29(28)37-31)21-8-7-9-23(32)12-21/h6-9,11-18,35,38H,4-5,10H2,1-3H3,(H,36,37)/b25-11+,27-6+. The van der Waals surface area contributed by atoms with E-state index in [4.69, 9.17) is 4.98 Å². The van der Waals surface area contributed by atoms with Crippen LogP contribution in [0.2, 0.25) is 0 Å². The minimum Gasteiger partial charge on any atom is -0.358 e. The highest BCUT2D eigenvalue weighted by atomic mass is 19.1. The Balaban J connectivity index is 1.54. The average Bonchev–Trinajstić information content (AvgIpc) is 3.51. The second-order valence-corrected chi connectivity index (χ2v) is 9.83. The zero-order valence-electron chi connectivity index (χ0n) is 22.2. The van der Waals surface area contributed by atoms with Crippen LogP contribution < -0.4 is 15.9 Å². The third kappa shape index (κ3) is 5.55. The Morgan fingerprint density at radius 2 is 1.92 bits per heavy atom. The van der Waals surface area contributed by atoms with Gasteiger partial charge in [0.2, 0.25) is 0 Å². The number of imidazole rings is 1. The molecule has 1 aromatic carbocycles. The molecule has 7 nitrogen and oxygen atoms in total. The topological polar surface area (TPSA) is 95.2 Å². The van der Waals surface area contributed by atoms with Gasteiger partial charge in [0.15, 0.2) is 5.82 Å². The molecule has 0 aliphatic rings. The van der Waals surface area contributed by atoms with Crippen LogP contribution in [0, 0.1) is 11.7 Å². The number of aromatic nitrogens is 6. The van der Waals surface area contributed by atoms with E-state index in [1.54, 1.807) is 30.9 Å². The minimum absolute atomic E-state index is 0.316. The van der Waals surface area contributed by atoms with E-state index in [0.717, 1.165) is 50.6 Å². The smallest absolute Gasteiger partial charge is 0.159 e. The average molecular weight is 520 g/mol. The van der Waals surface area contributed by atoms with Crippen LogP contribution in [0.25, 0.3) is 51.4 Å². The number of H-pyrrole nitrogens is 2. The molecule has 0 atom stereocenters. The van der Waals surface area contributed by atoms with E-state index < -0.39 is 0 Å². The van der Waals surface area contributed by atoms with Crippen molar-refractivity contribution in [3.8, 4) is 22.6 Å². The summed E-state index contributed by atoms with van der Waals surface area (Å²) in [6, 6.07) is 8.40. The maximum atomic E-state index is 13.9. The first-order valence-electron chi connectivity index (χ1n) is 12.7. The molecule has 5 aromatic rings. The summed E-state index contributed by atoms with van der Waals surface area (Å²) in [5.74, 6) is 0.758. The number of halogens is 1. The van der Waals surface area contributed by atoms with Crippen molar-refractivity contribution in [3.05, 3.63) is 95.9 Å². The molecule has 0 fully saturated rings. The number of rotatable bonds is 8. The number of allylic oxidation sites excluding steroid dienone is 2. The van der Waals surface area contributed by atoms with Gasteiger partial charge in [-0.15, -0.1) is 0 Å². The molecule has 0 aliphatic heterocycles. The van der Waals surface area contributed by atoms with Gasteiger partial charge >= 0.3 is 0 Å². The fourth-order valence-corrected chi connectivity index (χ4v) is 4.51. The quantitative estimate of drug-likeness (QED) is 0.240. The van der Waals surface area contributed by atoms with Crippen molar-refractivity contribution >= 4 is 34.4 Å². The second-order valence-electron chi connectivity index (χ2n) is 9.83. The van der Waals surface area contributed by atoms with Gasteiger partial charge in [-0.2, -0.15) is 5.10 Å². The van der Waals surface area contributed by atoms with Gasteiger partial charge in [0.1, 0.15) is 11.5 Å². The third-order valence-corrected chi connectivity index (χ3v) is 6.28. The molecule has 0 saturated heterocycles. The first-order chi connectivity index (χ1) is 18.8. The lowest BCUT2D eigenvalue weighted by molar-refractivity contribution is 0.628. The first kappa shape index (κ1) is 25.8. The van der Waals surface area contributed by atoms with Gasteiger partial charge in [-0.25, -0.2) is 9.37 Å². The third-order valence-electron chi connectivity index (χ3n) is 6.28. The summed E-state index contributed by atoms with van der Waals surface area (Å²) in [6.07, 6.45) is 11.7. The molecule has 4 aromatic heterocycles. The predicted octanol–water partition coefficient (Wildman–Crippen LogP) is 5.82. The molecule has 0 aliphatic carbocycles. The number of nitrogens with one attached hydrogen (secondary N) is 3. The number of aromatic amines is 2. The van der Waals surface area contributed by atoms with Gasteiger partial charge in [-0.3, -0.25) is 15.1 Å². The van der Waals surface area contributed by atoms with Crippen LogP contribution in [0.5, 0.6) is 0 Å². The molecular formula is C31H30FN7. The summed E-state index contributed by atoms with van der Waals surface area (Å²) < 4.78 is 13.9. The fraction of sp³-hybridized carbons (Fsp3) is 0.161. The summed E-state index contributed by atoms with van der Waals surface area (Å²) in [4.78, 5) is 16.9. The van der Waals surface area contributed by atoms with Gasteiger partial charge in [0.25, 0.3) is 0 Å². The van der Waals surface area contributed by atoms with Crippen molar-refractivity contribution in [1.82, 2.24) is 30.1 Å². The number of nitrogens with zero attached hydrogens (tertiary/aromatic N) is 4. The van der Waals surface area contributed by atoms with Gasteiger partial charge < -0.3 is 10.3 Å². The van der Waals surface area contributed by atoms with E-state index in [0.29, 0.717) is 28.5 Å². The van der Waals surface area contributed by atoms with E-state index >= 15 is 0 Å². The van der Waals surface area contributed by atoms with Gasteiger partial charge in [-0.1, -0.05) is 45.2 Å². The van der Waals surface area contributed by atoms with Crippen molar-refractivity contribution in [2.24, 2.45) is 5.92 Å². The highest BCUT2D eigenvalue weighted by molar-refractivity contribution is 5.93. The molecule has 0 spiro atoms. The largest absolute Gasteiger partial charge is 0.358 e. The molecule has 8 heteroatoms. The number of pyridine rings is 2. The van der Waals surface area contributed by atoms with Crippen molar-refractivity contribution in [2.75, 3.05) is 5.32 Å². The van der Waals surface area contributed by atoms with Crippen molar-refractivity contribution in [1.29, 1.82) is 0 Å². The van der Waals surface area contributed by atoms with Gasteiger partial charge in [-0.05, 0) is 54.7 Å². The van der Waals surface area contributed by atoms with Crippen molar-refractivity contribution in [2.45, 2.75) is 27.2 Å². The number of fused-ring (bicyclic) bond motifs is 1. The molecular weight excluding hydrogens is 489 g/mol. The Morgan fingerprint density at radius 3 is 2.69 bits per heavy atom. The lowest BCUT2D eigenvalue weighted by atomic mass is 10.1. The van der Waals surface area contributed by atoms with Crippen LogP contribution in [0.3, 0.4) is 0 Å². The Hall–Kier alpha value is -4.85. The molecule has 0 unspecified atom stereocenters. The number of benzene rings is 1. The molecule has 0 saturated carbocycles. The molecule has 0 radical (unpaired) electrons. The Labute approximate surface area is 226 Å². The van der Waals surface area contributed by atoms with Crippen LogP contribution in [-0.2, 0) is 0 Å². The van der Waals surface area contributed by atoms with E-state index in [9.17, 15) is 4.39 Å². The maximum absolute atomic E-state index is 13.9. The molecule has 3 N–H and O–H groups in total. The SMILES string of the molecule is C=C(CC(C)C)Nc1cncc(C(=C)/C=c2/c(-c3nc4c(-c5cccc(F)c5)cncc4[nH]3)n[nH]/c2=C/C)c1. The maximum Gasteiger partial charge on any atom is 0.159 e. The summed E-state index contributed by atoms with van der Waals surface area (Å²) in [7, 11) is 0. The minimum atomic E-state index is -0.316. The Kier molecular flexibility index (Phi) is 7.19. The van der Waals surface area contributed by atoms with Crippen molar-refractivity contribution in [3.63, 3.8) is 0 Å². The first-order valence-corrected chi connectivity index (χ1v) is 12.7. The van der Waals surface area contributed by atoms with Gasteiger partial charge in [0, 0.05) is 34.4 Å². The molecule has 0 amide bonds. The monoisotopic (exact) mass is 519 g/mol. The number of anilines is 1. The van der Waals surface area contributed by atoms with E-state index in [1.807, 2.05) is 31.2 Å².